The standard InChI is InChI=1S/C18H17FN2O3S/c1-23-14-3-4-16-17(10-14)21-6-5-18(16)24-11-12-7-13(19)9-15(8-12)25(2,20)22/h3-10,20H,11H2,1-2H3/t25-/m0/s1. The summed E-state index contributed by atoms with van der Waals surface area (Å²) in [7, 11) is -1.41. The predicted octanol–water partition coefficient (Wildman–Crippen LogP) is 4.00. The Morgan fingerprint density at radius 2 is 2.00 bits per heavy atom. The van der Waals surface area contributed by atoms with Gasteiger partial charge in [-0.05, 0) is 42.0 Å². The number of ether oxygens (including phenoxy) is 2. The van der Waals surface area contributed by atoms with Crippen LogP contribution in [0.5, 0.6) is 11.5 Å². The van der Waals surface area contributed by atoms with Gasteiger partial charge < -0.3 is 9.47 Å². The molecule has 7 heteroatoms. The first-order valence-electron chi connectivity index (χ1n) is 7.45. The molecule has 1 aromatic heterocycles. The molecule has 3 aromatic rings. The molecule has 0 aliphatic carbocycles. The van der Waals surface area contributed by atoms with Crippen molar-refractivity contribution in [1.29, 1.82) is 4.78 Å². The summed E-state index contributed by atoms with van der Waals surface area (Å²) in [6.45, 7) is 0.0887. The summed E-state index contributed by atoms with van der Waals surface area (Å²) in [5.74, 6) is 0.754. The highest BCUT2D eigenvalue weighted by Crippen LogP contribution is 2.28. The van der Waals surface area contributed by atoms with Crippen LogP contribution in [0, 0.1) is 10.6 Å². The largest absolute Gasteiger partial charge is 0.497 e. The molecule has 0 aliphatic heterocycles. The highest BCUT2D eigenvalue weighted by Gasteiger charge is 2.09. The Morgan fingerprint density at radius 1 is 1.20 bits per heavy atom. The SMILES string of the molecule is COc1ccc2c(OCc3cc(F)cc([S@@](C)(=N)=O)c3)ccnc2c1. The molecule has 0 aliphatic rings. The first kappa shape index (κ1) is 17.2. The Labute approximate surface area is 145 Å². The molecule has 5 nitrogen and oxygen atoms in total. The molecule has 130 valence electrons. The van der Waals surface area contributed by atoms with Gasteiger partial charge in [0, 0.05) is 23.9 Å². The van der Waals surface area contributed by atoms with E-state index in [-0.39, 0.29) is 11.5 Å². The zero-order valence-electron chi connectivity index (χ0n) is 13.8. The lowest BCUT2D eigenvalue weighted by molar-refractivity contribution is 0.309. The van der Waals surface area contributed by atoms with E-state index in [0.717, 1.165) is 17.0 Å². The molecule has 0 amide bonds. The van der Waals surface area contributed by atoms with E-state index >= 15 is 0 Å². The molecule has 0 saturated carbocycles. The number of fused-ring (bicyclic) bond motifs is 1. The van der Waals surface area contributed by atoms with Crippen LogP contribution >= 0.6 is 0 Å². The number of aromatic nitrogens is 1. The summed E-state index contributed by atoms with van der Waals surface area (Å²) < 4.78 is 44.2. The molecule has 3 rings (SSSR count). The van der Waals surface area contributed by atoms with Crippen molar-refractivity contribution in [2.45, 2.75) is 11.5 Å². The first-order valence-corrected chi connectivity index (χ1v) is 9.42. The highest BCUT2D eigenvalue weighted by molar-refractivity contribution is 7.91. The smallest absolute Gasteiger partial charge is 0.130 e. The van der Waals surface area contributed by atoms with Crippen LogP contribution in [0.15, 0.2) is 53.6 Å². The minimum absolute atomic E-state index is 0.0887. The van der Waals surface area contributed by atoms with Gasteiger partial charge in [-0.3, -0.25) is 4.98 Å². The Balaban J connectivity index is 1.89. The average Bonchev–Trinajstić information content (AvgIpc) is 2.58. The number of rotatable bonds is 5. The Hall–Kier alpha value is -2.67. The maximum atomic E-state index is 13.7. The Morgan fingerprint density at radius 3 is 2.72 bits per heavy atom. The normalized spacial score (nSPS) is 13.4. The number of nitrogens with one attached hydrogen (secondary N) is 1. The van der Waals surface area contributed by atoms with Gasteiger partial charge in [-0.25, -0.2) is 13.4 Å². The maximum absolute atomic E-state index is 13.7. The fourth-order valence-corrected chi connectivity index (χ4v) is 3.16. The van der Waals surface area contributed by atoms with Gasteiger partial charge in [-0.1, -0.05) is 0 Å². The van der Waals surface area contributed by atoms with E-state index in [4.69, 9.17) is 14.3 Å². The second-order valence-electron chi connectivity index (χ2n) is 5.62. The van der Waals surface area contributed by atoms with Crippen LogP contribution in [-0.4, -0.2) is 22.6 Å². The van der Waals surface area contributed by atoms with Gasteiger partial charge >= 0.3 is 0 Å². The van der Waals surface area contributed by atoms with Gasteiger partial charge in [0.1, 0.15) is 23.9 Å². The number of hydrogen-bond acceptors (Lipinski definition) is 5. The average molecular weight is 360 g/mol. The van der Waals surface area contributed by atoms with Gasteiger partial charge in [0.15, 0.2) is 0 Å². The quantitative estimate of drug-likeness (QED) is 0.746. The summed E-state index contributed by atoms with van der Waals surface area (Å²) in [4.78, 5) is 4.43. The fraction of sp³-hybridized carbons (Fsp3) is 0.167. The van der Waals surface area contributed by atoms with E-state index in [9.17, 15) is 8.60 Å². The van der Waals surface area contributed by atoms with Crippen molar-refractivity contribution in [2.24, 2.45) is 0 Å². The number of hydrogen-bond donors (Lipinski definition) is 1. The molecule has 2 aromatic carbocycles. The van der Waals surface area contributed by atoms with E-state index in [1.54, 1.807) is 25.4 Å². The number of pyridine rings is 1. The second-order valence-corrected chi connectivity index (χ2v) is 7.78. The van der Waals surface area contributed by atoms with Crippen molar-refractivity contribution in [3.05, 3.63) is 60.0 Å². The molecule has 0 bridgehead atoms. The molecule has 1 N–H and O–H groups in total. The van der Waals surface area contributed by atoms with Crippen LogP contribution in [0.2, 0.25) is 0 Å². The predicted molar refractivity (Wildman–Crippen MR) is 94.1 cm³/mol. The van der Waals surface area contributed by atoms with E-state index in [2.05, 4.69) is 4.98 Å². The monoisotopic (exact) mass is 360 g/mol. The zero-order valence-corrected chi connectivity index (χ0v) is 14.6. The highest BCUT2D eigenvalue weighted by atomic mass is 32.2. The molecular weight excluding hydrogens is 343 g/mol. The van der Waals surface area contributed by atoms with Crippen LogP contribution in [0.3, 0.4) is 0 Å². The number of halogens is 1. The molecule has 0 spiro atoms. The summed E-state index contributed by atoms with van der Waals surface area (Å²) >= 11 is 0. The van der Waals surface area contributed by atoms with Crippen LogP contribution in [0.1, 0.15) is 5.56 Å². The molecular formula is C18H17FN2O3S. The van der Waals surface area contributed by atoms with Gasteiger partial charge in [-0.2, -0.15) is 0 Å². The van der Waals surface area contributed by atoms with Crippen molar-refractivity contribution >= 4 is 20.6 Å². The lowest BCUT2D eigenvalue weighted by Crippen LogP contribution is -2.01. The number of methoxy groups -OCH3 is 1. The lowest BCUT2D eigenvalue weighted by Gasteiger charge is -2.11. The number of benzene rings is 2. The molecule has 0 fully saturated rings. The van der Waals surface area contributed by atoms with Crippen molar-refractivity contribution in [3.8, 4) is 11.5 Å². The van der Waals surface area contributed by atoms with Gasteiger partial charge in [0.2, 0.25) is 0 Å². The minimum atomic E-state index is -2.99. The second kappa shape index (κ2) is 6.68. The molecule has 1 atom stereocenters. The van der Waals surface area contributed by atoms with Crippen molar-refractivity contribution in [2.75, 3.05) is 13.4 Å². The van der Waals surface area contributed by atoms with E-state index in [1.165, 1.54) is 18.4 Å². The summed E-state index contributed by atoms with van der Waals surface area (Å²) in [5, 5.41) is 0.805. The Bertz CT molecular complexity index is 1040. The number of nitrogens with zero attached hydrogens (tertiary/aromatic N) is 1. The summed E-state index contributed by atoms with van der Waals surface area (Å²) in [6, 6.07) is 11.1. The fourth-order valence-electron chi connectivity index (χ4n) is 2.44. The van der Waals surface area contributed by atoms with Crippen molar-refractivity contribution in [3.63, 3.8) is 0 Å². The van der Waals surface area contributed by atoms with Crippen LogP contribution < -0.4 is 9.47 Å². The third-order valence-corrected chi connectivity index (χ3v) is 4.82. The van der Waals surface area contributed by atoms with Crippen LogP contribution in [0.4, 0.5) is 4.39 Å². The minimum Gasteiger partial charge on any atom is -0.497 e. The topological polar surface area (TPSA) is 72.3 Å². The van der Waals surface area contributed by atoms with Crippen molar-refractivity contribution < 1.29 is 18.1 Å². The molecule has 0 unspecified atom stereocenters. The zero-order chi connectivity index (χ0) is 18.0. The summed E-state index contributed by atoms with van der Waals surface area (Å²) in [6.07, 6.45) is 2.88. The molecule has 0 saturated heterocycles. The van der Waals surface area contributed by atoms with Crippen LogP contribution in [0.25, 0.3) is 10.9 Å². The van der Waals surface area contributed by atoms with E-state index in [1.807, 2.05) is 12.1 Å². The third-order valence-electron chi connectivity index (χ3n) is 3.69. The van der Waals surface area contributed by atoms with E-state index < -0.39 is 15.5 Å². The first-order chi connectivity index (χ1) is 11.9. The molecule has 1 heterocycles. The molecule has 0 radical (unpaired) electrons. The molecule has 25 heavy (non-hydrogen) atoms. The van der Waals surface area contributed by atoms with Crippen LogP contribution in [-0.2, 0) is 16.3 Å². The third kappa shape index (κ3) is 3.88. The lowest BCUT2D eigenvalue weighted by atomic mass is 10.2. The van der Waals surface area contributed by atoms with Crippen molar-refractivity contribution in [1.82, 2.24) is 4.98 Å². The van der Waals surface area contributed by atoms with Gasteiger partial charge in [-0.15, -0.1) is 0 Å². The van der Waals surface area contributed by atoms with E-state index in [0.29, 0.717) is 17.1 Å². The van der Waals surface area contributed by atoms with Gasteiger partial charge in [0.05, 0.1) is 27.3 Å². The summed E-state index contributed by atoms with van der Waals surface area (Å²) in [5.41, 5.74) is 1.23. The van der Waals surface area contributed by atoms with Gasteiger partial charge in [0.25, 0.3) is 0 Å². The maximum Gasteiger partial charge on any atom is 0.130 e. The Kier molecular flexibility index (Phi) is 4.59.